The lowest BCUT2D eigenvalue weighted by Crippen LogP contribution is -2.42. The van der Waals surface area contributed by atoms with Crippen LogP contribution in [0.25, 0.3) is 0 Å². The maximum Gasteiger partial charge on any atom is 0.289 e. The number of nitrogens with one attached hydrogen (secondary N) is 2. The summed E-state index contributed by atoms with van der Waals surface area (Å²) in [6.07, 6.45) is 2.76. The number of nitrogens with zero attached hydrogens (tertiary/aromatic N) is 1. The van der Waals surface area contributed by atoms with Crippen molar-refractivity contribution in [1.82, 2.24) is 10.2 Å². The summed E-state index contributed by atoms with van der Waals surface area (Å²) >= 11 is 0. The van der Waals surface area contributed by atoms with E-state index >= 15 is 0 Å². The van der Waals surface area contributed by atoms with Crippen molar-refractivity contribution in [2.24, 2.45) is 5.92 Å². The topological polar surface area (TPSA) is 91.7 Å². The molecule has 0 radical (unpaired) electrons. The number of hydrogen-bond acceptors (Lipinski definition) is 4. The molecule has 27 heavy (non-hydrogen) atoms. The molecule has 2 heterocycles. The van der Waals surface area contributed by atoms with E-state index in [1.54, 1.807) is 17.0 Å². The smallest absolute Gasteiger partial charge is 0.289 e. The third-order valence-corrected chi connectivity index (χ3v) is 4.63. The number of amides is 3. The van der Waals surface area contributed by atoms with Gasteiger partial charge in [-0.25, -0.2) is 0 Å². The Kier molecular flexibility index (Phi) is 5.90. The van der Waals surface area contributed by atoms with Crippen molar-refractivity contribution >= 4 is 23.4 Å². The predicted molar refractivity (Wildman–Crippen MR) is 99.9 cm³/mol. The second-order valence-electron chi connectivity index (χ2n) is 6.64. The first-order valence-corrected chi connectivity index (χ1v) is 9.00. The first-order chi connectivity index (χ1) is 13.0. The molecule has 3 amide bonds. The molecule has 142 valence electrons. The SMILES string of the molecule is CC(=O)Nc1ccc(CNC(=O)C2CCN(C(=O)c3ccco3)CC2)cc1. The van der Waals surface area contributed by atoms with E-state index in [0.717, 1.165) is 11.3 Å². The highest BCUT2D eigenvalue weighted by molar-refractivity contribution is 5.91. The molecule has 0 unspecified atom stereocenters. The Balaban J connectivity index is 1.44. The van der Waals surface area contributed by atoms with Gasteiger partial charge in [-0.05, 0) is 42.7 Å². The van der Waals surface area contributed by atoms with Crippen LogP contribution in [0.3, 0.4) is 0 Å². The second kappa shape index (κ2) is 8.53. The molecule has 1 aliphatic heterocycles. The molecule has 3 rings (SSSR count). The van der Waals surface area contributed by atoms with Gasteiger partial charge in [-0.3, -0.25) is 14.4 Å². The van der Waals surface area contributed by atoms with Gasteiger partial charge in [0.2, 0.25) is 11.8 Å². The zero-order valence-corrected chi connectivity index (χ0v) is 15.2. The van der Waals surface area contributed by atoms with Crippen LogP contribution in [0.5, 0.6) is 0 Å². The fourth-order valence-corrected chi connectivity index (χ4v) is 3.14. The van der Waals surface area contributed by atoms with Crippen LogP contribution in [0.4, 0.5) is 5.69 Å². The number of piperidine rings is 1. The Bertz CT molecular complexity index is 791. The highest BCUT2D eigenvalue weighted by atomic mass is 16.3. The summed E-state index contributed by atoms with van der Waals surface area (Å²) in [5.74, 6) is 0.00184. The van der Waals surface area contributed by atoms with Crippen LogP contribution in [0.1, 0.15) is 35.9 Å². The number of carbonyl (C=O) groups is 3. The van der Waals surface area contributed by atoms with Gasteiger partial charge in [0.15, 0.2) is 5.76 Å². The lowest BCUT2D eigenvalue weighted by atomic mass is 9.95. The molecule has 2 aromatic rings. The van der Waals surface area contributed by atoms with Crippen molar-refractivity contribution in [3.05, 3.63) is 54.0 Å². The normalized spacial score (nSPS) is 14.6. The first kappa shape index (κ1) is 18.7. The molecule has 7 nitrogen and oxygen atoms in total. The summed E-state index contributed by atoms with van der Waals surface area (Å²) in [6, 6.07) is 10.7. The van der Waals surface area contributed by atoms with Crippen LogP contribution in [-0.4, -0.2) is 35.7 Å². The average Bonchev–Trinajstić information content (AvgIpc) is 3.21. The number of rotatable bonds is 5. The molecular formula is C20H23N3O4. The van der Waals surface area contributed by atoms with Crippen molar-refractivity contribution < 1.29 is 18.8 Å². The van der Waals surface area contributed by atoms with Crippen molar-refractivity contribution in [3.8, 4) is 0 Å². The summed E-state index contributed by atoms with van der Waals surface area (Å²) in [4.78, 5) is 37.4. The number of carbonyl (C=O) groups excluding carboxylic acids is 3. The van der Waals surface area contributed by atoms with Crippen LogP contribution in [0.2, 0.25) is 0 Å². The number of likely N-dealkylation sites (tertiary alicyclic amines) is 1. The Morgan fingerprint density at radius 2 is 1.81 bits per heavy atom. The molecule has 0 bridgehead atoms. The minimum Gasteiger partial charge on any atom is -0.459 e. The number of hydrogen-bond donors (Lipinski definition) is 2. The quantitative estimate of drug-likeness (QED) is 0.847. The van der Waals surface area contributed by atoms with Gasteiger partial charge in [0, 0.05) is 38.2 Å². The van der Waals surface area contributed by atoms with Gasteiger partial charge >= 0.3 is 0 Å². The van der Waals surface area contributed by atoms with E-state index in [1.807, 2.05) is 24.3 Å². The third-order valence-electron chi connectivity index (χ3n) is 4.63. The van der Waals surface area contributed by atoms with E-state index < -0.39 is 0 Å². The highest BCUT2D eigenvalue weighted by Crippen LogP contribution is 2.20. The monoisotopic (exact) mass is 369 g/mol. The van der Waals surface area contributed by atoms with E-state index in [4.69, 9.17) is 4.42 Å². The minimum absolute atomic E-state index is 0.00559. The number of furan rings is 1. The highest BCUT2D eigenvalue weighted by Gasteiger charge is 2.28. The van der Waals surface area contributed by atoms with Crippen molar-refractivity contribution in [2.45, 2.75) is 26.3 Å². The molecule has 2 N–H and O–H groups in total. The maximum atomic E-state index is 12.4. The fourth-order valence-electron chi connectivity index (χ4n) is 3.14. The molecule has 0 saturated carbocycles. The van der Waals surface area contributed by atoms with Crippen LogP contribution in [-0.2, 0) is 16.1 Å². The van der Waals surface area contributed by atoms with E-state index in [9.17, 15) is 14.4 Å². The summed E-state index contributed by atoms with van der Waals surface area (Å²) in [5, 5.41) is 5.66. The molecule has 0 aliphatic carbocycles. The molecule has 0 atom stereocenters. The summed E-state index contributed by atoms with van der Waals surface area (Å²) in [5.41, 5.74) is 1.69. The Hall–Kier alpha value is -3.09. The van der Waals surface area contributed by atoms with Gasteiger partial charge < -0.3 is 20.0 Å². The first-order valence-electron chi connectivity index (χ1n) is 9.00. The van der Waals surface area contributed by atoms with Gasteiger partial charge in [-0.15, -0.1) is 0 Å². The van der Waals surface area contributed by atoms with E-state index in [0.29, 0.717) is 38.2 Å². The van der Waals surface area contributed by atoms with Crippen molar-refractivity contribution in [2.75, 3.05) is 18.4 Å². The number of anilines is 1. The van der Waals surface area contributed by atoms with Gasteiger partial charge in [-0.1, -0.05) is 12.1 Å². The van der Waals surface area contributed by atoms with Gasteiger partial charge in [-0.2, -0.15) is 0 Å². The zero-order valence-electron chi connectivity index (χ0n) is 15.2. The molecule has 7 heteroatoms. The van der Waals surface area contributed by atoms with Crippen molar-refractivity contribution in [1.29, 1.82) is 0 Å². The second-order valence-corrected chi connectivity index (χ2v) is 6.64. The van der Waals surface area contributed by atoms with Crippen LogP contribution in [0, 0.1) is 5.92 Å². The summed E-state index contributed by atoms with van der Waals surface area (Å²) < 4.78 is 5.15. The summed E-state index contributed by atoms with van der Waals surface area (Å²) in [6.45, 7) is 2.98. The molecule has 1 saturated heterocycles. The Labute approximate surface area is 157 Å². The predicted octanol–water partition coefficient (Wildman–Crippen LogP) is 2.41. The Morgan fingerprint density at radius 1 is 1.11 bits per heavy atom. The van der Waals surface area contributed by atoms with E-state index in [-0.39, 0.29) is 23.6 Å². The zero-order chi connectivity index (χ0) is 19.2. The molecule has 1 aliphatic rings. The van der Waals surface area contributed by atoms with Crippen LogP contribution >= 0.6 is 0 Å². The standard InChI is InChI=1S/C20H23N3O4/c1-14(24)22-17-6-4-15(5-7-17)13-21-19(25)16-8-10-23(11-9-16)20(26)18-3-2-12-27-18/h2-7,12,16H,8-11,13H2,1H3,(H,21,25)(H,22,24). The molecular weight excluding hydrogens is 346 g/mol. The lowest BCUT2D eigenvalue weighted by Gasteiger charge is -2.30. The molecule has 1 aromatic heterocycles. The molecule has 1 fully saturated rings. The average molecular weight is 369 g/mol. The van der Waals surface area contributed by atoms with Gasteiger partial charge in [0.05, 0.1) is 6.26 Å². The number of benzene rings is 1. The third kappa shape index (κ3) is 4.97. The fraction of sp³-hybridized carbons (Fsp3) is 0.350. The molecule has 1 aromatic carbocycles. The summed E-state index contributed by atoms with van der Waals surface area (Å²) in [7, 11) is 0. The van der Waals surface area contributed by atoms with Crippen LogP contribution in [0.15, 0.2) is 47.1 Å². The van der Waals surface area contributed by atoms with E-state index in [1.165, 1.54) is 13.2 Å². The van der Waals surface area contributed by atoms with Crippen LogP contribution < -0.4 is 10.6 Å². The Morgan fingerprint density at radius 3 is 2.41 bits per heavy atom. The maximum absolute atomic E-state index is 12.4. The van der Waals surface area contributed by atoms with Gasteiger partial charge in [0.1, 0.15) is 0 Å². The van der Waals surface area contributed by atoms with Crippen molar-refractivity contribution in [3.63, 3.8) is 0 Å². The largest absolute Gasteiger partial charge is 0.459 e. The minimum atomic E-state index is -0.127. The van der Waals surface area contributed by atoms with E-state index in [2.05, 4.69) is 10.6 Å². The lowest BCUT2D eigenvalue weighted by molar-refractivity contribution is -0.126. The molecule has 0 spiro atoms. The van der Waals surface area contributed by atoms with Gasteiger partial charge in [0.25, 0.3) is 5.91 Å².